The van der Waals surface area contributed by atoms with Crippen molar-refractivity contribution >= 4 is 11.7 Å². The number of carboxylic acid groups (broad SMARTS) is 1. The van der Waals surface area contributed by atoms with Gasteiger partial charge in [-0.2, -0.15) is 0 Å². The second-order valence-electron chi connectivity index (χ2n) is 3.23. The number of benzene rings is 1. The van der Waals surface area contributed by atoms with E-state index in [9.17, 15) is 20.0 Å². The first-order valence-electron chi connectivity index (χ1n) is 4.81. The van der Waals surface area contributed by atoms with Crippen LogP contribution in [0.2, 0.25) is 0 Å². The van der Waals surface area contributed by atoms with Gasteiger partial charge in [-0.05, 0) is 24.6 Å². The van der Waals surface area contributed by atoms with E-state index in [2.05, 4.69) is 5.73 Å². The first-order valence-corrected chi connectivity index (χ1v) is 4.81. The summed E-state index contributed by atoms with van der Waals surface area (Å²) in [4.78, 5) is 19.7. The summed E-state index contributed by atoms with van der Waals surface area (Å²) in [5.41, 5.74) is 3.23. The molecule has 0 spiro atoms. The highest BCUT2D eigenvalue weighted by Gasteiger charge is 2.03. The number of carboxylic acids is 1. The Kier molecular flexibility index (Phi) is 6.46. The molecule has 17 heavy (non-hydrogen) atoms. The third-order valence-corrected chi connectivity index (χ3v) is 1.73. The molecule has 1 aromatic rings. The minimum atomic E-state index is -1.34. The number of hydrogen-bond donors (Lipinski definition) is 2. The zero-order chi connectivity index (χ0) is 13.4. The number of carbonyl (C=O) groups is 1. The number of non-ortho nitro benzene ring substituents is 1. The van der Waals surface area contributed by atoms with E-state index in [0.29, 0.717) is 6.54 Å². The van der Waals surface area contributed by atoms with Crippen LogP contribution in [0.15, 0.2) is 24.3 Å². The van der Waals surface area contributed by atoms with Gasteiger partial charge in [-0.25, -0.2) is 0 Å². The summed E-state index contributed by atoms with van der Waals surface area (Å²) < 4.78 is 0. The second-order valence-corrected chi connectivity index (χ2v) is 3.23. The zero-order valence-electron chi connectivity index (χ0n) is 9.33. The number of nitrogens with zero attached hydrogens (tertiary/aromatic N) is 1. The van der Waals surface area contributed by atoms with Crippen molar-refractivity contribution in [1.29, 1.82) is 0 Å². The van der Waals surface area contributed by atoms with Crippen LogP contribution in [-0.2, 0) is 0 Å². The molecule has 94 valence electrons. The van der Waals surface area contributed by atoms with Crippen LogP contribution in [0.25, 0.3) is 0 Å². The Morgan fingerprint density at radius 3 is 2.12 bits per heavy atom. The van der Waals surface area contributed by atoms with E-state index in [4.69, 9.17) is 5.11 Å². The molecule has 1 rings (SSSR count). The molecule has 0 aromatic heterocycles. The van der Waals surface area contributed by atoms with Crippen molar-refractivity contribution in [3.8, 4) is 0 Å². The molecule has 4 N–H and O–H groups in total. The van der Waals surface area contributed by atoms with Crippen molar-refractivity contribution in [3.63, 3.8) is 0 Å². The van der Waals surface area contributed by atoms with Gasteiger partial charge in [0.05, 0.1) is 17.0 Å². The van der Waals surface area contributed by atoms with Gasteiger partial charge < -0.3 is 20.7 Å². The summed E-state index contributed by atoms with van der Waals surface area (Å²) in [5, 5.41) is 28.6. The number of nitro groups is 1. The van der Waals surface area contributed by atoms with Gasteiger partial charge >= 0.3 is 0 Å². The Hall–Kier alpha value is -1.99. The summed E-state index contributed by atoms with van der Waals surface area (Å²) in [6, 6.07) is 4.50. The summed E-state index contributed by atoms with van der Waals surface area (Å²) in [7, 11) is 0. The number of aromatic carboxylic acids is 1. The predicted octanol–water partition coefficient (Wildman–Crippen LogP) is -1.43. The molecule has 7 nitrogen and oxygen atoms in total. The number of aliphatic hydroxyl groups is 1. The first-order chi connectivity index (χ1) is 7.88. The Labute approximate surface area is 97.6 Å². The first kappa shape index (κ1) is 15.0. The molecule has 0 saturated carbocycles. The number of hydrogen-bond acceptors (Lipinski definition) is 5. The van der Waals surface area contributed by atoms with E-state index in [1.165, 1.54) is 0 Å². The maximum Gasteiger partial charge on any atom is 0.269 e. The van der Waals surface area contributed by atoms with Gasteiger partial charge in [0.25, 0.3) is 5.69 Å². The fourth-order valence-electron chi connectivity index (χ4n) is 0.719. The monoisotopic (exact) mass is 242 g/mol. The third kappa shape index (κ3) is 6.23. The van der Waals surface area contributed by atoms with Crippen LogP contribution in [0.1, 0.15) is 17.3 Å². The minimum Gasteiger partial charge on any atom is -0.545 e. The normalized spacial score (nSPS) is 11.0. The molecular formula is C10H14N2O5. The molecule has 0 amide bonds. The number of rotatable bonds is 3. The second kappa shape index (κ2) is 7.31. The molecular weight excluding hydrogens is 228 g/mol. The molecule has 0 saturated heterocycles. The Balaban J connectivity index is 0.000000437. The van der Waals surface area contributed by atoms with E-state index < -0.39 is 10.9 Å². The van der Waals surface area contributed by atoms with Crippen LogP contribution in [-0.4, -0.2) is 28.6 Å². The molecule has 1 atom stereocenters. The van der Waals surface area contributed by atoms with Crippen LogP contribution in [0.5, 0.6) is 0 Å². The maximum atomic E-state index is 10.2. The lowest BCUT2D eigenvalue weighted by atomic mass is 10.2. The highest BCUT2D eigenvalue weighted by atomic mass is 16.6. The van der Waals surface area contributed by atoms with E-state index in [1.807, 2.05) is 0 Å². The number of carbonyl (C=O) groups excluding carboxylic acids is 1. The molecule has 0 bridgehead atoms. The molecule has 0 aliphatic rings. The van der Waals surface area contributed by atoms with Crippen molar-refractivity contribution < 1.29 is 25.7 Å². The molecule has 1 unspecified atom stereocenters. The standard InChI is InChI=1S/C7H5NO4.C3H9NO/c9-7(10)5-1-3-6(4-2-5)8(11)12;1-3(5)2-4/h1-4H,(H,9,10);3,5H,2,4H2,1H3. The van der Waals surface area contributed by atoms with Crippen molar-refractivity contribution in [2.45, 2.75) is 13.0 Å². The SMILES string of the molecule is CC(O)C[NH3+].O=C([O-])c1ccc([N+](=O)[O-])cc1. The minimum absolute atomic E-state index is 0.0689. The van der Waals surface area contributed by atoms with E-state index in [0.717, 1.165) is 24.3 Å². The van der Waals surface area contributed by atoms with Gasteiger partial charge in [0.1, 0.15) is 6.54 Å². The van der Waals surface area contributed by atoms with Crippen molar-refractivity contribution in [2.75, 3.05) is 6.54 Å². The van der Waals surface area contributed by atoms with E-state index in [-0.39, 0.29) is 17.4 Å². The summed E-state index contributed by atoms with van der Waals surface area (Å²) in [6.07, 6.45) is -0.227. The number of nitro benzene ring substituents is 1. The molecule has 0 aliphatic carbocycles. The Morgan fingerprint density at radius 1 is 1.47 bits per heavy atom. The van der Waals surface area contributed by atoms with E-state index >= 15 is 0 Å². The predicted molar refractivity (Wildman–Crippen MR) is 56.9 cm³/mol. The topological polar surface area (TPSA) is 131 Å². The fourth-order valence-corrected chi connectivity index (χ4v) is 0.719. The van der Waals surface area contributed by atoms with Gasteiger partial charge in [-0.15, -0.1) is 0 Å². The highest BCUT2D eigenvalue weighted by Crippen LogP contribution is 2.10. The van der Waals surface area contributed by atoms with Gasteiger partial charge in [-0.1, -0.05) is 0 Å². The maximum absolute atomic E-state index is 10.2. The number of quaternary nitrogens is 1. The average molecular weight is 242 g/mol. The van der Waals surface area contributed by atoms with Crippen LogP contribution in [0, 0.1) is 10.1 Å². The van der Waals surface area contributed by atoms with Gasteiger partial charge in [-0.3, -0.25) is 10.1 Å². The zero-order valence-corrected chi connectivity index (χ0v) is 9.33. The average Bonchev–Trinajstić information content (AvgIpc) is 2.29. The molecule has 0 radical (unpaired) electrons. The Morgan fingerprint density at radius 2 is 1.88 bits per heavy atom. The van der Waals surface area contributed by atoms with Crippen LogP contribution < -0.4 is 10.8 Å². The molecule has 0 heterocycles. The Bertz CT molecular complexity index is 342. The van der Waals surface area contributed by atoms with Gasteiger partial charge in [0, 0.05) is 12.1 Å². The smallest absolute Gasteiger partial charge is 0.269 e. The fraction of sp³-hybridized carbons (Fsp3) is 0.300. The third-order valence-electron chi connectivity index (χ3n) is 1.73. The summed E-state index contributed by atoms with van der Waals surface area (Å²) in [6.45, 7) is 2.33. The quantitative estimate of drug-likeness (QED) is 0.495. The highest BCUT2D eigenvalue weighted by molar-refractivity contribution is 5.85. The number of aliphatic hydroxyl groups excluding tert-OH is 1. The molecule has 7 heteroatoms. The van der Waals surface area contributed by atoms with E-state index in [1.54, 1.807) is 6.92 Å². The van der Waals surface area contributed by atoms with Gasteiger partial charge in [0.2, 0.25) is 0 Å². The lowest BCUT2D eigenvalue weighted by Crippen LogP contribution is -2.54. The van der Waals surface area contributed by atoms with Gasteiger partial charge in [0.15, 0.2) is 0 Å². The summed E-state index contributed by atoms with van der Waals surface area (Å²) in [5.74, 6) is -1.34. The van der Waals surface area contributed by atoms with Crippen molar-refractivity contribution in [3.05, 3.63) is 39.9 Å². The molecule has 0 fully saturated rings. The lowest BCUT2D eigenvalue weighted by Gasteiger charge is -1.99. The van der Waals surface area contributed by atoms with Crippen LogP contribution >= 0.6 is 0 Å². The van der Waals surface area contributed by atoms with Crippen molar-refractivity contribution in [2.24, 2.45) is 0 Å². The van der Waals surface area contributed by atoms with Crippen LogP contribution in [0.4, 0.5) is 5.69 Å². The molecule has 0 aliphatic heterocycles. The largest absolute Gasteiger partial charge is 0.545 e. The molecule has 1 aromatic carbocycles. The van der Waals surface area contributed by atoms with Crippen LogP contribution in [0.3, 0.4) is 0 Å². The summed E-state index contributed by atoms with van der Waals surface area (Å²) >= 11 is 0. The van der Waals surface area contributed by atoms with Crippen molar-refractivity contribution in [1.82, 2.24) is 0 Å². The lowest BCUT2D eigenvalue weighted by molar-refractivity contribution is -0.384.